The quantitative estimate of drug-likeness (QED) is 0.911. The summed E-state index contributed by atoms with van der Waals surface area (Å²) in [6.07, 6.45) is 1.21. The summed E-state index contributed by atoms with van der Waals surface area (Å²) in [6, 6.07) is 16.0. The summed E-state index contributed by atoms with van der Waals surface area (Å²) >= 11 is 0. The van der Waals surface area contributed by atoms with Crippen LogP contribution in [0.5, 0.6) is 0 Å². The van der Waals surface area contributed by atoms with Crippen LogP contribution in [0, 0.1) is 0 Å². The largest absolute Gasteiger partial charge is 0.352 e. The van der Waals surface area contributed by atoms with Crippen molar-refractivity contribution in [3.63, 3.8) is 0 Å². The van der Waals surface area contributed by atoms with Crippen LogP contribution in [-0.2, 0) is 28.0 Å². The van der Waals surface area contributed by atoms with Gasteiger partial charge in [0.15, 0.2) is 0 Å². The van der Waals surface area contributed by atoms with E-state index in [-0.39, 0.29) is 11.8 Å². The van der Waals surface area contributed by atoms with Crippen molar-refractivity contribution in [2.24, 2.45) is 0 Å². The summed E-state index contributed by atoms with van der Waals surface area (Å²) in [5.41, 5.74) is 3.64. The summed E-state index contributed by atoms with van der Waals surface area (Å²) in [5.74, 6) is 0.142. The maximum absolute atomic E-state index is 12.3. The van der Waals surface area contributed by atoms with Gasteiger partial charge in [-0.2, -0.15) is 0 Å². The van der Waals surface area contributed by atoms with E-state index >= 15 is 0 Å². The van der Waals surface area contributed by atoms with Gasteiger partial charge in [0, 0.05) is 25.7 Å². The van der Waals surface area contributed by atoms with Gasteiger partial charge in [-0.1, -0.05) is 42.5 Å². The lowest BCUT2D eigenvalue weighted by molar-refractivity contribution is -0.122. The Morgan fingerprint density at radius 2 is 1.80 bits per heavy atom. The van der Waals surface area contributed by atoms with Gasteiger partial charge < -0.3 is 10.2 Å². The van der Waals surface area contributed by atoms with E-state index in [2.05, 4.69) is 5.32 Å². The van der Waals surface area contributed by atoms with Gasteiger partial charge in [-0.25, -0.2) is 0 Å². The first kappa shape index (κ1) is 17.2. The second kappa shape index (κ2) is 6.71. The molecule has 0 spiro atoms. The lowest BCUT2D eigenvalue weighted by Crippen LogP contribution is -2.33. The molecule has 2 amide bonds. The summed E-state index contributed by atoms with van der Waals surface area (Å²) in [5, 5.41) is 2.97. The molecular weight excluding hydrogens is 312 g/mol. The fourth-order valence-corrected chi connectivity index (χ4v) is 3.32. The molecule has 4 heteroatoms. The molecule has 0 saturated carbocycles. The molecule has 1 aliphatic heterocycles. The number of amides is 2. The number of nitrogens with zero attached hydrogens (tertiary/aromatic N) is 1. The molecule has 0 atom stereocenters. The van der Waals surface area contributed by atoms with Crippen LogP contribution in [0.3, 0.4) is 0 Å². The Bertz CT molecular complexity index is 797. The van der Waals surface area contributed by atoms with E-state index in [1.54, 1.807) is 11.9 Å². The second-order valence-corrected chi connectivity index (χ2v) is 7.10. The van der Waals surface area contributed by atoms with Gasteiger partial charge in [-0.15, -0.1) is 0 Å². The fourth-order valence-electron chi connectivity index (χ4n) is 3.32. The Morgan fingerprint density at radius 1 is 1.08 bits per heavy atom. The highest BCUT2D eigenvalue weighted by Crippen LogP contribution is 2.40. The molecule has 0 bridgehead atoms. The number of anilines is 1. The van der Waals surface area contributed by atoms with E-state index in [1.807, 2.05) is 62.4 Å². The van der Waals surface area contributed by atoms with Crippen molar-refractivity contribution in [2.75, 3.05) is 11.9 Å². The molecule has 1 N–H and O–H groups in total. The average molecular weight is 336 g/mol. The van der Waals surface area contributed by atoms with Crippen molar-refractivity contribution in [3.8, 4) is 0 Å². The third-order valence-electron chi connectivity index (χ3n) is 4.91. The molecule has 1 heterocycles. The molecule has 0 aliphatic carbocycles. The first-order chi connectivity index (χ1) is 11.9. The van der Waals surface area contributed by atoms with E-state index in [1.165, 1.54) is 5.56 Å². The first-order valence-electron chi connectivity index (χ1n) is 8.62. The van der Waals surface area contributed by atoms with Crippen molar-refractivity contribution in [3.05, 3.63) is 65.2 Å². The van der Waals surface area contributed by atoms with Gasteiger partial charge in [-0.05, 0) is 43.0 Å². The van der Waals surface area contributed by atoms with Crippen LogP contribution in [0.2, 0.25) is 0 Å². The van der Waals surface area contributed by atoms with Crippen molar-refractivity contribution < 1.29 is 9.59 Å². The van der Waals surface area contributed by atoms with Crippen LogP contribution in [0.1, 0.15) is 37.0 Å². The van der Waals surface area contributed by atoms with E-state index in [4.69, 9.17) is 0 Å². The van der Waals surface area contributed by atoms with Crippen LogP contribution < -0.4 is 10.2 Å². The highest BCUT2D eigenvalue weighted by molar-refractivity contribution is 6.07. The topological polar surface area (TPSA) is 49.4 Å². The Morgan fingerprint density at radius 3 is 2.52 bits per heavy atom. The number of hydrogen-bond donors (Lipinski definition) is 1. The van der Waals surface area contributed by atoms with E-state index in [0.717, 1.165) is 23.2 Å². The molecule has 130 valence electrons. The van der Waals surface area contributed by atoms with Crippen LogP contribution in [0.25, 0.3) is 0 Å². The number of hydrogen-bond acceptors (Lipinski definition) is 2. The minimum Gasteiger partial charge on any atom is -0.352 e. The monoisotopic (exact) mass is 336 g/mol. The van der Waals surface area contributed by atoms with Crippen molar-refractivity contribution in [2.45, 2.75) is 38.6 Å². The Hall–Kier alpha value is -2.62. The van der Waals surface area contributed by atoms with Gasteiger partial charge in [0.2, 0.25) is 11.8 Å². The standard InChI is InChI=1S/C21H24N2O2/c1-21(2)17-13-16(9-11-18(17)23(3)20(21)25)14-22-19(24)12-10-15-7-5-4-6-8-15/h4-9,11,13H,10,12,14H2,1-3H3,(H,22,24). The third-order valence-corrected chi connectivity index (χ3v) is 4.91. The van der Waals surface area contributed by atoms with Crippen LogP contribution in [0.15, 0.2) is 48.5 Å². The first-order valence-corrected chi connectivity index (χ1v) is 8.62. The number of aryl methyl sites for hydroxylation is 1. The highest BCUT2D eigenvalue weighted by atomic mass is 16.2. The number of fused-ring (bicyclic) bond motifs is 1. The molecule has 4 nitrogen and oxygen atoms in total. The molecular formula is C21H24N2O2. The Kier molecular flexibility index (Phi) is 4.62. The van der Waals surface area contributed by atoms with Gasteiger partial charge in [0.1, 0.15) is 0 Å². The molecule has 2 aromatic rings. The number of rotatable bonds is 5. The normalized spacial score (nSPS) is 15.2. The molecule has 0 aromatic heterocycles. The van der Waals surface area contributed by atoms with E-state index in [9.17, 15) is 9.59 Å². The molecule has 0 unspecified atom stereocenters. The van der Waals surface area contributed by atoms with Gasteiger partial charge in [-0.3, -0.25) is 9.59 Å². The predicted octanol–water partition coefficient (Wildman–Crippen LogP) is 3.19. The van der Waals surface area contributed by atoms with Crippen LogP contribution in [0.4, 0.5) is 5.69 Å². The number of likely N-dealkylation sites (N-methyl/N-ethyl adjacent to an activating group) is 1. The highest BCUT2D eigenvalue weighted by Gasteiger charge is 2.42. The zero-order valence-corrected chi connectivity index (χ0v) is 15.0. The number of carbonyl (C=O) groups is 2. The number of nitrogens with one attached hydrogen (secondary N) is 1. The van der Waals surface area contributed by atoms with Gasteiger partial charge in [0.05, 0.1) is 5.41 Å². The van der Waals surface area contributed by atoms with Crippen molar-refractivity contribution in [1.82, 2.24) is 5.32 Å². The zero-order valence-electron chi connectivity index (χ0n) is 15.0. The third kappa shape index (κ3) is 3.43. The maximum atomic E-state index is 12.3. The molecule has 0 saturated heterocycles. The van der Waals surface area contributed by atoms with Crippen molar-refractivity contribution >= 4 is 17.5 Å². The molecule has 3 rings (SSSR count). The average Bonchev–Trinajstić information content (AvgIpc) is 2.79. The maximum Gasteiger partial charge on any atom is 0.236 e. The van der Waals surface area contributed by atoms with Crippen LogP contribution >= 0.6 is 0 Å². The fraction of sp³-hybridized carbons (Fsp3) is 0.333. The van der Waals surface area contributed by atoms with E-state index in [0.29, 0.717) is 13.0 Å². The summed E-state index contributed by atoms with van der Waals surface area (Å²) in [7, 11) is 1.81. The lowest BCUT2D eigenvalue weighted by atomic mass is 9.85. The lowest BCUT2D eigenvalue weighted by Gasteiger charge is -2.16. The SMILES string of the molecule is CN1C(=O)C(C)(C)c2cc(CNC(=O)CCc3ccccc3)ccc21. The minimum atomic E-state index is -0.516. The Balaban J connectivity index is 1.60. The van der Waals surface area contributed by atoms with E-state index < -0.39 is 5.41 Å². The second-order valence-electron chi connectivity index (χ2n) is 7.10. The molecule has 2 aromatic carbocycles. The van der Waals surface area contributed by atoms with Gasteiger partial charge >= 0.3 is 0 Å². The zero-order chi connectivity index (χ0) is 18.0. The predicted molar refractivity (Wildman–Crippen MR) is 99.5 cm³/mol. The van der Waals surface area contributed by atoms with Crippen molar-refractivity contribution in [1.29, 1.82) is 0 Å². The Labute approximate surface area is 148 Å². The van der Waals surface area contributed by atoms with Crippen LogP contribution in [-0.4, -0.2) is 18.9 Å². The molecule has 1 aliphatic rings. The summed E-state index contributed by atoms with van der Waals surface area (Å²) in [6.45, 7) is 4.37. The number of carbonyl (C=O) groups excluding carboxylic acids is 2. The van der Waals surface area contributed by atoms with Gasteiger partial charge in [0.25, 0.3) is 0 Å². The molecule has 25 heavy (non-hydrogen) atoms. The molecule has 0 radical (unpaired) electrons. The summed E-state index contributed by atoms with van der Waals surface area (Å²) < 4.78 is 0. The molecule has 0 fully saturated rings. The minimum absolute atomic E-state index is 0.0387. The smallest absolute Gasteiger partial charge is 0.236 e. The summed E-state index contributed by atoms with van der Waals surface area (Å²) in [4.78, 5) is 26.1. The number of benzene rings is 2.